The number of nitrogens with one attached hydrogen (secondary N) is 1. The van der Waals surface area contributed by atoms with Gasteiger partial charge in [-0.1, -0.05) is 30.3 Å². The minimum Gasteiger partial charge on any atom is -0.481 e. The third-order valence-electron chi connectivity index (χ3n) is 4.68. The summed E-state index contributed by atoms with van der Waals surface area (Å²) in [6.45, 7) is 0. The van der Waals surface area contributed by atoms with Crippen molar-refractivity contribution in [3.63, 3.8) is 0 Å². The van der Waals surface area contributed by atoms with Gasteiger partial charge in [0.2, 0.25) is 5.88 Å². The van der Waals surface area contributed by atoms with Crippen molar-refractivity contribution in [2.45, 2.75) is 0 Å². The summed E-state index contributed by atoms with van der Waals surface area (Å²) < 4.78 is 19.0. The van der Waals surface area contributed by atoms with Crippen LogP contribution in [0.3, 0.4) is 0 Å². The molecular formula is C24H17FN2O3. The van der Waals surface area contributed by atoms with Gasteiger partial charge in [0.25, 0.3) is 5.56 Å². The van der Waals surface area contributed by atoms with Crippen LogP contribution in [0, 0.1) is 5.82 Å². The van der Waals surface area contributed by atoms with E-state index >= 15 is 0 Å². The van der Waals surface area contributed by atoms with E-state index in [9.17, 15) is 14.0 Å². The molecule has 0 bridgehead atoms. The van der Waals surface area contributed by atoms with Crippen molar-refractivity contribution in [2.24, 2.45) is 0 Å². The number of allylic oxidation sites excluding steroid dienone is 1. The molecule has 4 aromatic rings. The number of rotatable bonds is 5. The number of nitrogens with zero attached hydrogens (tertiary/aromatic N) is 1. The highest BCUT2D eigenvalue weighted by atomic mass is 19.1. The first kappa shape index (κ1) is 19.3. The van der Waals surface area contributed by atoms with E-state index in [1.54, 1.807) is 48.7 Å². The second-order valence-electron chi connectivity index (χ2n) is 6.59. The average molecular weight is 400 g/mol. The molecule has 0 amide bonds. The summed E-state index contributed by atoms with van der Waals surface area (Å²) in [6, 6.07) is 16.5. The molecule has 4 rings (SSSR count). The van der Waals surface area contributed by atoms with Crippen LogP contribution < -0.4 is 10.3 Å². The SMILES string of the molecule is COc1ccc(/C=C/C(=O)c2c(-c3ccccc3)c3cc(F)ccc3[nH]c2=O)cn1. The van der Waals surface area contributed by atoms with E-state index in [-0.39, 0.29) is 5.56 Å². The summed E-state index contributed by atoms with van der Waals surface area (Å²) in [7, 11) is 1.52. The van der Waals surface area contributed by atoms with E-state index in [1.165, 1.54) is 31.4 Å². The normalized spacial score (nSPS) is 11.1. The molecule has 0 saturated heterocycles. The number of fused-ring (bicyclic) bond motifs is 1. The molecule has 0 fully saturated rings. The van der Waals surface area contributed by atoms with Gasteiger partial charge in [0.05, 0.1) is 12.7 Å². The maximum Gasteiger partial charge on any atom is 0.260 e. The number of benzene rings is 2. The standard InChI is InChI=1S/C24H17FN2O3/c1-30-21-12-8-15(14-26-21)7-11-20(28)23-22(16-5-3-2-4-6-16)18-13-17(25)9-10-19(18)27-24(23)29/h2-14H,1H3,(H,27,29)/b11-7+. The Hall–Kier alpha value is -4.06. The van der Waals surface area contributed by atoms with E-state index in [4.69, 9.17) is 4.74 Å². The zero-order chi connectivity index (χ0) is 21.1. The van der Waals surface area contributed by atoms with Gasteiger partial charge < -0.3 is 9.72 Å². The summed E-state index contributed by atoms with van der Waals surface area (Å²) >= 11 is 0. The highest BCUT2D eigenvalue weighted by molar-refractivity contribution is 6.15. The molecule has 0 aliphatic heterocycles. The summed E-state index contributed by atoms with van der Waals surface area (Å²) in [4.78, 5) is 32.6. The van der Waals surface area contributed by atoms with Gasteiger partial charge in [-0.25, -0.2) is 9.37 Å². The van der Waals surface area contributed by atoms with Crippen LogP contribution in [0.4, 0.5) is 4.39 Å². The number of halogens is 1. The molecule has 0 radical (unpaired) electrons. The first-order chi connectivity index (χ1) is 14.6. The van der Waals surface area contributed by atoms with Crippen LogP contribution in [0.5, 0.6) is 5.88 Å². The van der Waals surface area contributed by atoms with Crippen molar-refractivity contribution in [2.75, 3.05) is 7.11 Å². The first-order valence-electron chi connectivity index (χ1n) is 9.20. The number of hydrogen-bond donors (Lipinski definition) is 1. The molecule has 2 aromatic heterocycles. The number of aromatic amines is 1. The zero-order valence-electron chi connectivity index (χ0n) is 16.1. The summed E-state index contributed by atoms with van der Waals surface area (Å²) in [6.07, 6.45) is 4.44. The largest absolute Gasteiger partial charge is 0.481 e. The minimum absolute atomic E-state index is 0.0444. The van der Waals surface area contributed by atoms with Gasteiger partial charge in [0.1, 0.15) is 5.82 Å². The molecular weight excluding hydrogens is 383 g/mol. The Morgan fingerprint density at radius 3 is 2.60 bits per heavy atom. The Kier molecular flexibility index (Phi) is 5.22. The van der Waals surface area contributed by atoms with Gasteiger partial charge in [-0.2, -0.15) is 0 Å². The highest BCUT2D eigenvalue weighted by Gasteiger charge is 2.19. The molecule has 6 heteroatoms. The van der Waals surface area contributed by atoms with E-state index < -0.39 is 17.2 Å². The Balaban J connectivity index is 1.87. The van der Waals surface area contributed by atoms with Crippen LogP contribution in [0.25, 0.3) is 28.1 Å². The Bertz CT molecular complexity index is 1310. The second kappa shape index (κ2) is 8.13. The minimum atomic E-state index is -0.532. The quantitative estimate of drug-likeness (QED) is 0.392. The summed E-state index contributed by atoms with van der Waals surface area (Å²) in [5.41, 5.74) is 1.61. The molecule has 1 N–H and O–H groups in total. The smallest absolute Gasteiger partial charge is 0.260 e. The van der Waals surface area contributed by atoms with E-state index in [0.29, 0.717) is 33.5 Å². The first-order valence-corrected chi connectivity index (χ1v) is 9.20. The molecule has 148 valence electrons. The van der Waals surface area contributed by atoms with Crippen molar-refractivity contribution < 1.29 is 13.9 Å². The van der Waals surface area contributed by atoms with E-state index in [1.807, 2.05) is 6.07 Å². The molecule has 0 saturated carbocycles. The Morgan fingerprint density at radius 2 is 1.90 bits per heavy atom. The number of pyridine rings is 2. The zero-order valence-corrected chi connectivity index (χ0v) is 16.1. The molecule has 0 aliphatic rings. The van der Waals surface area contributed by atoms with Crippen molar-refractivity contribution in [3.8, 4) is 17.0 Å². The van der Waals surface area contributed by atoms with Crippen molar-refractivity contribution >= 4 is 22.8 Å². The molecule has 0 unspecified atom stereocenters. The predicted molar refractivity (Wildman–Crippen MR) is 114 cm³/mol. The lowest BCUT2D eigenvalue weighted by Crippen LogP contribution is -2.18. The predicted octanol–water partition coefficient (Wildman–Crippen LogP) is 4.63. The lowest BCUT2D eigenvalue weighted by Gasteiger charge is -2.11. The van der Waals surface area contributed by atoms with Crippen LogP contribution in [-0.4, -0.2) is 22.9 Å². The monoisotopic (exact) mass is 400 g/mol. The van der Waals surface area contributed by atoms with Crippen molar-refractivity contribution in [3.05, 3.63) is 100 Å². The average Bonchev–Trinajstić information content (AvgIpc) is 2.78. The van der Waals surface area contributed by atoms with Crippen LogP contribution >= 0.6 is 0 Å². The number of hydrogen-bond acceptors (Lipinski definition) is 4. The number of methoxy groups -OCH3 is 1. The van der Waals surface area contributed by atoms with Gasteiger partial charge in [0.15, 0.2) is 5.78 Å². The maximum absolute atomic E-state index is 14.0. The number of H-pyrrole nitrogens is 1. The van der Waals surface area contributed by atoms with Crippen LogP contribution in [0.1, 0.15) is 15.9 Å². The second-order valence-corrected chi connectivity index (χ2v) is 6.59. The van der Waals surface area contributed by atoms with Crippen molar-refractivity contribution in [1.29, 1.82) is 0 Å². The van der Waals surface area contributed by atoms with Crippen LogP contribution in [-0.2, 0) is 0 Å². The fraction of sp³-hybridized carbons (Fsp3) is 0.0417. The lowest BCUT2D eigenvalue weighted by atomic mass is 9.94. The number of ketones is 1. The number of carbonyl (C=O) groups is 1. The Morgan fingerprint density at radius 1 is 1.10 bits per heavy atom. The van der Waals surface area contributed by atoms with Gasteiger partial charge in [-0.3, -0.25) is 9.59 Å². The highest BCUT2D eigenvalue weighted by Crippen LogP contribution is 2.30. The summed E-state index contributed by atoms with van der Waals surface area (Å²) in [5.74, 6) is -0.486. The molecule has 0 aliphatic carbocycles. The molecule has 2 aromatic carbocycles. The van der Waals surface area contributed by atoms with E-state index in [0.717, 1.165) is 0 Å². The summed E-state index contributed by atoms with van der Waals surface area (Å²) in [5, 5.41) is 0.462. The molecule has 5 nitrogen and oxygen atoms in total. The molecule has 2 heterocycles. The maximum atomic E-state index is 14.0. The number of ether oxygens (including phenoxy) is 1. The molecule has 0 spiro atoms. The van der Waals surface area contributed by atoms with Crippen LogP contribution in [0.2, 0.25) is 0 Å². The number of aromatic nitrogens is 2. The van der Waals surface area contributed by atoms with Gasteiger partial charge >= 0.3 is 0 Å². The van der Waals surface area contributed by atoms with Gasteiger partial charge in [-0.05, 0) is 47.5 Å². The molecule has 30 heavy (non-hydrogen) atoms. The fourth-order valence-electron chi connectivity index (χ4n) is 3.27. The van der Waals surface area contributed by atoms with Gasteiger partial charge in [-0.15, -0.1) is 0 Å². The third-order valence-corrected chi connectivity index (χ3v) is 4.68. The van der Waals surface area contributed by atoms with Gasteiger partial charge in [0, 0.05) is 28.7 Å². The van der Waals surface area contributed by atoms with Crippen LogP contribution in [0.15, 0.2) is 77.7 Å². The third kappa shape index (κ3) is 3.75. The topological polar surface area (TPSA) is 72.1 Å². The molecule has 0 atom stereocenters. The number of carbonyl (C=O) groups excluding carboxylic acids is 1. The van der Waals surface area contributed by atoms with Crippen molar-refractivity contribution in [1.82, 2.24) is 9.97 Å². The lowest BCUT2D eigenvalue weighted by molar-refractivity contribution is 0.104. The fourth-order valence-corrected chi connectivity index (χ4v) is 3.27. The Labute approximate surface area is 171 Å². The van der Waals surface area contributed by atoms with E-state index in [2.05, 4.69) is 9.97 Å².